The number of anilines is 2. The van der Waals surface area contributed by atoms with E-state index in [1.165, 1.54) is 0 Å². The van der Waals surface area contributed by atoms with Crippen LogP contribution in [-0.4, -0.2) is 40.5 Å². The third-order valence-corrected chi connectivity index (χ3v) is 4.83. The lowest BCUT2D eigenvalue weighted by atomic mass is 9.93. The summed E-state index contributed by atoms with van der Waals surface area (Å²) in [5.74, 6) is 2.43. The summed E-state index contributed by atoms with van der Waals surface area (Å²) in [7, 11) is 0. The first kappa shape index (κ1) is 19.1. The van der Waals surface area contributed by atoms with Crippen molar-refractivity contribution in [2.24, 2.45) is 5.92 Å². The zero-order valence-corrected chi connectivity index (χ0v) is 15.9. The average molecular weight is 368 g/mol. The maximum atomic E-state index is 12.1. The topological polar surface area (TPSA) is 83.0 Å². The average Bonchev–Trinajstić information content (AvgIpc) is 2.72. The van der Waals surface area contributed by atoms with Crippen LogP contribution in [0.5, 0.6) is 0 Å². The molecular weight excluding hydrogens is 340 g/mol. The number of nitrogens with one attached hydrogen (secondary N) is 2. The number of pyridine rings is 1. The van der Waals surface area contributed by atoms with E-state index in [0.29, 0.717) is 18.9 Å². The molecule has 3 heterocycles. The van der Waals surface area contributed by atoms with E-state index in [4.69, 9.17) is 0 Å². The van der Waals surface area contributed by atoms with Crippen LogP contribution in [0.4, 0.5) is 11.6 Å². The molecule has 1 aliphatic rings. The molecule has 0 aromatic carbocycles. The monoisotopic (exact) mass is 368 g/mol. The molecule has 7 nitrogen and oxygen atoms in total. The Morgan fingerprint density at radius 1 is 1.30 bits per heavy atom. The van der Waals surface area contributed by atoms with Crippen LogP contribution in [0.3, 0.4) is 0 Å². The smallest absolute Gasteiger partial charge is 0.220 e. The quantitative estimate of drug-likeness (QED) is 0.745. The largest absolute Gasteiger partial charge is 0.370 e. The van der Waals surface area contributed by atoms with Crippen LogP contribution in [0.1, 0.15) is 38.3 Å². The van der Waals surface area contributed by atoms with Crippen molar-refractivity contribution in [3.8, 4) is 0 Å². The normalized spacial score (nSPS) is 16.8. The number of carbonyl (C=O) groups excluding carboxylic acids is 1. The molecule has 2 aromatic heterocycles. The Bertz CT molecular complexity index is 723. The van der Waals surface area contributed by atoms with E-state index in [2.05, 4.69) is 37.4 Å². The van der Waals surface area contributed by atoms with Gasteiger partial charge in [-0.05, 0) is 44.2 Å². The Morgan fingerprint density at radius 2 is 2.22 bits per heavy atom. The molecule has 7 heteroatoms. The second-order valence-electron chi connectivity index (χ2n) is 6.88. The van der Waals surface area contributed by atoms with Crippen molar-refractivity contribution in [2.75, 3.05) is 29.9 Å². The third-order valence-electron chi connectivity index (χ3n) is 4.83. The lowest BCUT2D eigenvalue weighted by Gasteiger charge is -2.33. The van der Waals surface area contributed by atoms with Crippen molar-refractivity contribution < 1.29 is 4.79 Å². The van der Waals surface area contributed by atoms with Crippen LogP contribution in [0, 0.1) is 5.92 Å². The molecular formula is C20H28N6O. The summed E-state index contributed by atoms with van der Waals surface area (Å²) >= 11 is 0. The van der Waals surface area contributed by atoms with Crippen LogP contribution < -0.4 is 15.5 Å². The van der Waals surface area contributed by atoms with Gasteiger partial charge < -0.3 is 15.5 Å². The molecule has 0 radical (unpaired) electrons. The SMILES string of the molecule is CCNc1cc(N2CCC[C@@H](CCC(=O)NCc3ccccn3)C2)ncn1. The number of hydrogen-bond acceptors (Lipinski definition) is 6. The maximum absolute atomic E-state index is 12.1. The maximum Gasteiger partial charge on any atom is 0.220 e. The van der Waals surface area contributed by atoms with Gasteiger partial charge in [0.25, 0.3) is 0 Å². The second-order valence-corrected chi connectivity index (χ2v) is 6.88. The summed E-state index contributed by atoms with van der Waals surface area (Å²) < 4.78 is 0. The van der Waals surface area contributed by atoms with Gasteiger partial charge in [-0.25, -0.2) is 9.97 Å². The lowest BCUT2D eigenvalue weighted by Crippen LogP contribution is -2.36. The lowest BCUT2D eigenvalue weighted by molar-refractivity contribution is -0.121. The van der Waals surface area contributed by atoms with Crippen molar-refractivity contribution in [2.45, 2.75) is 39.2 Å². The van der Waals surface area contributed by atoms with Gasteiger partial charge in [-0.15, -0.1) is 0 Å². The summed E-state index contributed by atoms with van der Waals surface area (Å²) in [5.41, 5.74) is 0.884. The molecule has 1 atom stereocenters. The van der Waals surface area contributed by atoms with E-state index in [1.807, 2.05) is 24.3 Å². The molecule has 3 rings (SSSR count). The number of amides is 1. The van der Waals surface area contributed by atoms with E-state index >= 15 is 0 Å². The van der Waals surface area contributed by atoms with Gasteiger partial charge in [0.05, 0.1) is 12.2 Å². The molecule has 0 aliphatic carbocycles. The summed E-state index contributed by atoms with van der Waals surface area (Å²) in [6.07, 6.45) is 7.10. The van der Waals surface area contributed by atoms with Gasteiger partial charge in [0.1, 0.15) is 18.0 Å². The highest BCUT2D eigenvalue weighted by atomic mass is 16.1. The van der Waals surface area contributed by atoms with Gasteiger partial charge in [-0.1, -0.05) is 6.07 Å². The highest BCUT2D eigenvalue weighted by Crippen LogP contribution is 2.25. The minimum absolute atomic E-state index is 0.0919. The zero-order valence-electron chi connectivity index (χ0n) is 15.9. The molecule has 0 unspecified atom stereocenters. The molecule has 1 amide bonds. The van der Waals surface area contributed by atoms with E-state index in [0.717, 1.165) is 56.2 Å². The molecule has 1 fully saturated rings. The van der Waals surface area contributed by atoms with Crippen molar-refractivity contribution in [1.82, 2.24) is 20.3 Å². The number of rotatable bonds is 8. The predicted molar refractivity (Wildman–Crippen MR) is 106 cm³/mol. The van der Waals surface area contributed by atoms with Gasteiger partial charge in [0, 0.05) is 38.3 Å². The Hall–Kier alpha value is -2.70. The van der Waals surface area contributed by atoms with Crippen molar-refractivity contribution in [3.63, 3.8) is 0 Å². The van der Waals surface area contributed by atoms with Crippen LogP contribution in [0.15, 0.2) is 36.8 Å². The van der Waals surface area contributed by atoms with Crippen molar-refractivity contribution >= 4 is 17.5 Å². The number of hydrogen-bond donors (Lipinski definition) is 2. The molecule has 0 saturated carbocycles. The first-order chi connectivity index (χ1) is 13.2. The minimum atomic E-state index is 0.0919. The van der Waals surface area contributed by atoms with Gasteiger partial charge in [0.2, 0.25) is 5.91 Å². The van der Waals surface area contributed by atoms with E-state index in [-0.39, 0.29) is 5.91 Å². The number of aromatic nitrogens is 3. The number of nitrogens with zero attached hydrogens (tertiary/aromatic N) is 4. The van der Waals surface area contributed by atoms with Gasteiger partial charge in [-0.2, -0.15) is 0 Å². The minimum Gasteiger partial charge on any atom is -0.370 e. The Balaban J connectivity index is 1.45. The molecule has 0 bridgehead atoms. The second kappa shape index (κ2) is 9.85. The molecule has 1 saturated heterocycles. The predicted octanol–water partition coefficient (Wildman–Crippen LogP) is 2.62. The first-order valence-corrected chi connectivity index (χ1v) is 9.72. The highest BCUT2D eigenvalue weighted by molar-refractivity contribution is 5.75. The van der Waals surface area contributed by atoms with Crippen LogP contribution in [-0.2, 0) is 11.3 Å². The van der Waals surface area contributed by atoms with E-state index in [9.17, 15) is 4.79 Å². The fourth-order valence-electron chi connectivity index (χ4n) is 3.42. The molecule has 0 spiro atoms. The van der Waals surface area contributed by atoms with E-state index < -0.39 is 0 Å². The summed E-state index contributed by atoms with van der Waals surface area (Å²) in [6, 6.07) is 7.73. The van der Waals surface area contributed by atoms with Crippen molar-refractivity contribution in [3.05, 3.63) is 42.5 Å². The number of carbonyl (C=O) groups is 1. The van der Waals surface area contributed by atoms with Gasteiger partial charge in [-0.3, -0.25) is 9.78 Å². The highest BCUT2D eigenvalue weighted by Gasteiger charge is 2.22. The van der Waals surface area contributed by atoms with Gasteiger partial charge in [0.15, 0.2) is 0 Å². The van der Waals surface area contributed by atoms with Crippen LogP contribution in [0.2, 0.25) is 0 Å². The Labute approximate surface area is 160 Å². The molecule has 2 aromatic rings. The van der Waals surface area contributed by atoms with Crippen LogP contribution in [0.25, 0.3) is 0 Å². The fourth-order valence-corrected chi connectivity index (χ4v) is 3.42. The third kappa shape index (κ3) is 5.91. The number of piperidine rings is 1. The molecule has 144 valence electrons. The zero-order chi connectivity index (χ0) is 18.9. The fraction of sp³-hybridized carbons (Fsp3) is 0.500. The molecule has 1 aliphatic heterocycles. The molecule has 27 heavy (non-hydrogen) atoms. The first-order valence-electron chi connectivity index (χ1n) is 9.72. The summed E-state index contributed by atoms with van der Waals surface area (Å²) in [6.45, 7) is 5.33. The summed E-state index contributed by atoms with van der Waals surface area (Å²) in [5, 5.41) is 6.19. The summed E-state index contributed by atoms with van der Waals surface area (Å²) in [4.78, 5) is 27.3. The van der Waals surface area contributed by atoms with Crippen LogP contribution >= 0.6 is 0 Å². The van der Waals surface area contributed by atoms with Crippen molar-refractivity contribution in [1.29, 1.82) is 0 Å². The van der Waals surface area contributed by atoms with E-state index in [1.54, 1.807) is 12.5 Å². The van der Waals surface area contributed by atoms with Gasteiger partial charge >= 0.3 is 0 Å². The Morgan fingerprint density at radius 3 is 3.04 bits per heavy atom. The Kier molecular flexibility index (Phi) is 6.96. The standard InChI is InChI=1S/C20H28N6O/c1-2-21-18-12-19(25-15-24-18)26-11-5-6-16(14-26)8-9-20(27)23-13-17-7-3-4-10-22-17/h3-4,7,10,12,15-16H,2,5-6,8-9,11,13-14H2,1H3,(H,23,27)(H,21,24,25)/t16-/m0/s1. The molecule has 2 N–H and O–H groups in total.